The van der Waals surface area contributed by atoms with Crippen LogP contribution in [0.2, 0.25) is 0 Å². The standard InChI is InChI=1S/C15H22N4O/c1-4-7-20-12-8-11(9-17-10-12)19-14(6-3)15(16)13(5-2)18-19/h8-10H,4-7,16H2,1-3H3. The highest BCUT2D eigenvalue weighted by atomic mass is 16.5. The van der Waals surface area contributed by atoms with Crippen molar-refractivity contribution in [1.29, 1.82) is 0 Å². The Balaban J connectivity index is 2.40. The maximum atomic E-state index is 6.15. The van der Waals surface area contributed by atoms with Gasteiger partial charge in [0, 0.05) is 6.07 Å². The molecule has 5 nitrogen and oxygen atoms in total. The van der Waals surface area contributed by atoms with Crippen LogP contribution in [0.5, 0.6) is 5.75 Å². The van der Waals surface area contributed by atoms with E-state index in [1.165, 1.54) is 0 Å². The first-order valence-corrected chi connectivity index (χ1v) is 7.15. The van der Waals surface area contributed by atoms with Crippen LogP contribution in [0.4, 0.5) is 5.69 Å². The highest BCUT2D eigenvalue weighted by Gasteiger charge is 2.14. The first-order chi connectivity index (χ1) is 9.71. The van der Waals surface area contributed by atoms with E-state index in [2.05, 4.69) is 30.9 Å². The molecule has 0 saturated carbocycles. The molecule has 2 aromatic rings. The number of ether oxygens (including phenoxy) is 1. The fraction of sp³-hybridized carbons (Fsp3) is 0.467. The van der Waals surface area contributed by atoms with E-state index in [4.69, 9.17) is 10.5 Å². The molecule has 0 amide bonds. The van der Waals surface area contributed by atoms with Crippen LogP contribution in [0.1, 0.15) is 38.6 Å². The van der Waals surface area contributed by atoms with Crippen LogP contribution in [0.15, 0.2) is 18.5 Å². The van der Waals surface area contributed by atoms with Gasteiger partial charge in [-0.2, -0.15) is 5.10 Å². The lowest BCUT2D eigenvalue weighted by Crippen LogP contribution is -2.04. The zero-order valence-electron chi connectivity index (χ0n) is 12.4. The Morgan fingerprint density at radius 2 is 2.00 bits per heavy atom. The molecule has 0 radical (unpaired) electrons. The molecule has 0 fully saturated rings. The molecule has 0 spiro atoms. The Labute approximate surface area is 119 Å². The van der Waals surface area contributed by atoms with Crippen molar-refractivity contribution >= 4 is 5.69 Å². The van der Waals surface area contributed by atoms with Gasteiger partial charge in [0.15, 0.2) is 0 Å². The predicted octanol–water partition coefficient (Wildman–Crippen LogP) is 2.76. The van der Waals surface area contributed by atoms with E-state index >= 15 is 0 Å². The molecule has 2 rings (SSSR count). The van der Waals surface area contributed by atoms with Crippen molar-refractivity contribution in [2.75, 3.05) is 12.3 Å². The van der Waals surface area contributed by atoms with Gasteiger partial charge in [0.2, 0.25) is 0 Å². The molecule has 2 heterocycles. The van der Waals surface area contributed by atoms with Gasteiger partial charge in [0.05, 0.1) is 41.8 Å². The van der Waals surface area contributed by atoms with Gasteiger partial charge < -0.3 is 10.5 Å². The molecule has 0 aliphatic rings. The van der Waals surface area contributed by atoms with E-state index in [0.29, 0.717) is 6.61 Å². The number of anilines is 1. The number of hydrogen-bond acceptors (Lipinski definition) is 4. The van der Waals surface area contributed by atoms with Gasteiger partial charge in [0.25, 0.3) is 0 Å². The number of aryl methyl sites for hydroxylation is 1. The van der Waals surface area contributed by atoms with Crippen molar-refractivity contribution in [1.82, 2.24) is 14.8 Å². The minimum Gasteiger partial charge on any atom is -0.492 e. The second kappa shape index (κ2) is 6.41. The maximum Gasteiger partial charge on any atom is 0.139 e. The van der Waals surface area contributed by atoms with E-state index in [1.54, 1.807) is 12.4 Å². The van der Waals surface area contributed by atoms with Gasteiger partial charge in [-0.15, -0.1) is 0 Å². The van der Waals surface area contributed by atoms with Gasteiger partial charge in [-0.05, 0) is 19.3 Å². The largest absolute Gasteiger partial charge is 0.492 e. The molecule has 2 aromatic heterocycles. The van der Waals surface area contributed by atoms with E-state index in [-0.39, 0.29) is 0 Å². The molecule has 0 aliphatic heterocycles. The number of aromatic nitrogens is 3. The second-order valence-corrected chi connectivity index (χ2v) is 4.65. The summed E-state index contributed by atoms with van der Waals surface area (Å²) in [5.74, 6) is 0.763. The molecule has 0 bridgehead atoms. The Hall–Kier alpha value is -2.04. The average molecular weight is 274 g/mol. The monoisotopic (exact) mass is 274 g/mol. The summed E-state index contributed by atoms with van der Waals surface area (Å²) in [6.07, 6.45) is 6.13. The van der Waals surface area contributed by atoms with Crippen LogP contribution in [0.25, 0.3) is 5.69 Å². The number of rotatable bonds is 6. The third-order valence-electron chi connectivity index (χ3n) is 3.18. The topological polar surface area (TPSA) is 66.0 Å². The normalized spacial score (nSPS) is 10.8. The van der Waals surface area contributed by atoms with Crippen molar-refractivity contribution in [3.63, 3.8) is 0 Å². The van der Waals surface area contributed by atoms with Crippen LogP contribution in [0, 0.1) is 0 Å². The van der Waals surface area contributed by atoms with E-state index in [0.717, 1.165) is 47.8 Å². The summed E-state index contributed by atoms with van der Waals surface area (Å²) in [7, 11) is 0. The maximum absolute atomic E-state index is 6.15. The van der Waals surface area contributed by atoms with Crippen molar-refractivity contribution < 1.29 is 4.74 Å². The van der Waals surface area contributed by atoms with Crippen LogP contribution in [-0.2, 0) is 12.8 Å². The fourth-order valence-corrected chi connectivity index (χ4v) is 2.15. The molecule has 108 valence electrons. The summed E-state index contributed by atoms with van der Waals surface area (Å²) in [6, 6.07) is 1.95. The third-order valence-corrected chi connectivity index (χ3v) is 3.18. The van der Waals surface area contributed by atoms with E-state index in [1.807, 2.05) is 10.7 Å². The molecule has 0 saturated heterocycles. The molecule has 2 N–H and O–H groups in total. The Morgan fingerprint density at radius 1 is 1.20 bits per heavy atom. The minimum atomic E-state index is 0.688. The van der Waals surface area contributed by atoms with Crippen molar-refractivity contribution in [2.24, 2.45) is 0 Å². The molecule has 0 aliphatic carbocycles. The molecule has 0 unspecified atom stereocenters. The van der Waals surface area contributed by atoms with Crippen LogP contribution >= 0.6 is 0 Å². The molecule has 20 heavy (non-hydrogen) atoms. The quantitative estimate of drug-likeness (QED) is 0.879. The Kier molecular flexibility index (Phi) is 4.61. The summed E-state index contributed by atoms with van der Waals surface area (Å²) in [6.45, 7) is 6.90. The number of pyridine rings is 1. The van der Waals surface area contributed by atoms with Crippen molar-refractivity contribution in [3.05, 3.63) is 29.8 Å². The van der Waals surface area contributed by atoms with Crippen LogP contribution in [0.3, 0.4) is 0 Å². The van der Waals surface area contributed by atoms with Crippen molar-refractivity contribution in [3.8, 4) is 11.4 Å². The van der Waals surface area contributed by atoms with E-state index < -0.39 is 0 Å². The number of nitrogens with zero attached hydrogens (tertiary/aromatic N) is 3. The summed E-state index contributed by atoms with van der Waals surface area (Å²) >= 11 is 0. The first-order valence-electron chi connectivity index (χ1n) is 7.15. The summed E-state index contributed by atoms with van der Waals surface area (Å²) in [4.78, 5) is 4.23. The molecule has 5 heteroatoms. The summed E-state index contributed by atoms with van der Waals surface area (Å²) < 4.78 is 7.49. The van der Waals surface area contributed by atoms with E-state index in [9.17, 15) is 0 Å². The molecular weight excluding hydrogens is 252 g/mol. The van der Waals surface area contributed by atoms with Gasteiger partial charge in [-0.1, -0.05) is 20.8 Å². The second-order valence-electron chi connectivity index (χ2n) is 4.65. The highest BCUT2D eigenvalue weighted by Crippen LogP contribution is 2.23. The zero-order valence-corrected chi connectivity index (χ0v) is 12.4. The first kappa shape index (κ1) is 14.4. The van der Waals surface area contributed by atoms with Gasteiger partial charge in [-0.3, -0.25) is 4.98 Å². The Morgan fingerprint density at radius 3 is 2.65 bits per heavy atom. The van der Waals surface area contributed by atoms with Crippen LogP contribution in [-0.4, -0.2) is 21.4 Å². The highest BCUT2D eigenvalue weighted by molar-refractivity contribution is 5.52. The lowest BCUT2D eigenvalue weighted by Gasteiger charge is -2.08. The lowest BCUT2D eigenvalue weighted by molar-refractivity contribution is 0.316. The van der Waals surface area contributed by atoms with Gasteiger partial charge in [-0.25, -0.2) is 4.68 Å². The molecule has 0 atom stereocenters. The smallest absolute Gasteiger partial charge is 0.139 e. The summed E-state index contributed by atoms with van der Waals surface area (Å²) in [5, 5.41) is 4.59. The van der Waals surface area contributed by atoms with Gasteiger partial charge in [0.1, 0.15) is 5.75 Å². The van der Waals surface area contributed by atoms with Gasteiger partial charge >= 0.3 is 0 Å². The number of nitrogen functional groups attached to an aromatic ring is 1. The Bertz CT molecular complexity index is 577. The van der Waals surface area contributed by atoms with Crippen LogP contribution < -0.4 is 10.5 Å². The summed E-state index contributed by atoms with van der Waals surface area (Å²) in [5.41, 5.74) is 9.78. The zero-order chi connectivity index (χ0) is 14.5. The average Bonchev–Trinajstić information content (AvgIpc) is 2.81. The number of nitrogens with two attached hydrogens (primary N) is 1. The lowest BCUT2D eigenvalue weighted by atomic mass is 10.2. The minimum absolute atomic E-state index is 0.688. The molecule has 0 aromatic carbocycles. The predicted molar refractivity (Wildman–Crippen MR) is 80.3 cm³/mol. The number of hydrogen-bond donors (Lipinski definition) is 1. The van der Waals surface area contributed by atoms with Crippen molar-refractivity contribution in [2.45, 2.75) is 40.0 Å². The fourth-order valence-electron chi connectivity index (χ4n) is 2.15. The molecular formula is C15H22N4O. The SMILES string of the molecule is CCCOc1cncc(-n2nc(CC)c(N)c2CC)c1. The third kappa shape index (κ3) is 2.76.